The number of hydrogen-bond donors (Lipinski definition) is 1. The zero-order chi connectivity index (χ0) is 13.7. The van der Waals surface area contributed by atoms with Gasteiger partial charge in [0.1, 0.15) is 0 Å². The molecule has 2 aliphatic rings. The van der Waals surface area contributed by atoms with Crippen LogP contribution >= 0.6 is 0 Å². The molecule has 0 aromatic rings. The molecule has 1 aliphatic carbocycles. The van der Waals surface area contributed by atoms with Crippen molar-refractivity contribution in [2.75, 3.05) is 26.7 Å². The topological polar surface area (TPSA) is 15.3 Å². The quantitative estimate of drug-likeness (QED) is 0.837. The lowest BCUT2D eigenvalue weighted by Crippen LogP contribution is -2.44. The molecular formula is C17H34N2. The second kappa shape index (κ2) is 7.64. The standard InChI is InChI=1S/C17H34N2/c1-4-15-6-5-10-19(11-9-15)13-16-12-14(2)7-8-17(16)18-3/h14-18H,4-13H2,1-3H3. The Hall–Kier alpha value is -0.0800. The van der Waals surface area contributed by atoms with Gasteiger partial charge >= 0.3 is 0 Å². The second-order valence-corrected chi connectivity index (χ2v) is 7.08. The Labute approximate surface area is 120 Å². The predicted molar refractivity (Wildman–Crippen MR) is 83.4 cm³/mol. The second-order valence-electron chi connectivity index (χ2n) is 7.08. The summed E-state index contributed by atoms with van der Waals surface area (Å²) < 4.78 is 0. The van der Waals surface area contributed by atoms with Crippen LogP contribution in [-0.2, 0) is 0 Å². The van der Waals surface area contributed by atoms with Crippen molar-refractivity contribution in [3.63, 3.8) is 0 Å². The van der Waals surface area contributed by atoms with E-state index in [0.717, 1.165) is 23.8 Å². The Bertz CT molecular complexity index is 254. The number of likely N-dealkylation sites (tertiary alicyclic amines) is 1. The lowest BCUT2D eigenvalue weighted by Gasteiger charge is -2.37. The van der Waals surface area contributed by atoms with Crippen LogP contribution in [0.25, 0.3) is 0 Å². The zero-order valence-electron chi connectivity index (χ0n) is 13.3. The highest BCUT2D eigenvalue weighted by molar-refractivity contribution is 4.85. The fourth-order valence-corrected chi connectivity index (χ4v) is 4.23. The summed E-state index contributed by atoms with van der Waals surface area (Å²) in [5.74, 6) is 2.81. The van der Waals surface area contributed by atoms with Crippen molar-refractivity contribution < 1.29 is 0 Å². The van der Waals surface area contributed by atoms with Gasteiger partial charge in [-0.3, -0.25) is 0 Å². The maximum Gasteiger partial charge on any atom is 0.0105 e. The molecule has 4 unspecified atom stereocenters. The Morgan fingerprint density at radius 1 is 1.11 bits per heavy atom. The summed E-state index contributed by atoms with van der Waals surface area (Å²) in [4.78, 5) is 2.77. The number of nitrogens with zero attached hydrogens (tertiary/aromatic N) is 1. The molecule has 1 N–H and O–H groups in total. The molecule has 1 saturated carbocycles. The van der Waals surface area contributed by atoms with Crippen LogP contribution in [0.15, 0.2) is 0 Å². The Balaban J connectivity index is 1.84. The van der Waals surface area contributed by atoms with Gasteiger partial charge in [-0.1, -0.05) is 20.3 Å². The first kappa shape index (κ1) is 15.3. The molecule has 0 aromatic heterocycles. The smallest absolute Gasteiger partial charge is 0.0105 e. The summed E-state index contributed by atoms with van der Waals surface area (Å²) in [5.41, 5.74) is 0. The summed E-state index contributed by atoms with van der Waals surface area (Å²) in [6.07, 6.45) is 9.93. The van der Waals surface area contributed by atoms with Gasteiger partial charge in [-0.25, -0.2) is 0 Å². The van der Waals surface area contributed by atoms with Gasteiger partial charge in [0.25, 0.3) is 0 Å². The average Bonchev–Trinajstić information content (AvgIpc) is 2.64. The Morgan fingerprint density at radius 3 is 2.68 bits per heavy atom. The zero-order valence-corrected chi connectivity index (χ0v) is 13.3. The summed E-state index contributed by atoms with van der Waals surface area (Å²) in [5, 5.41) is 3.57. The molecule has 2 nitrogen and oxygen atoms in total. The van der Waals surface area contributed by atoms with E-state index >= 15 is 0 Å². The Kier molecular flexibility index (Phi) is 6.15. The molecule has 19 heavy (non-hydrogen) atoms. The van der Waals surface area contributed by atoms with Crippen molar-refractivity contribution >= 4 is 0 Å². The SMILES string of the molecule is CCC1CCCN(CC2CC(C)CCC2NC)CC1. The van der Waals surface area contributed by atoms with Crippen molar-refractivity contribution in [2.45, 2.75) is 64.8 Å². The first-order valence-electron chi connectivity index (χ1n) is 8.62. The first-order chi connectivity index (χ1) is 9.22. The van der Waals surface area contributed by atoms with Crippen LogP contribution in [0, 0.1) is 17.8 Å². The van der Waals surface area contributed by atoms with Gasteiger partial charge in [0.2, 0.25) is 0 Å². The lowest BCUT2D eigenvalue weighted by atomic mass is 9.78. The van der Waals surface area contributed by atoms with Gasteiger partial charge in [0.05, 0.1) is 0 Å². The van der Waals surface area contributed by atoms with Gasteiger partial charge in [-0.05, 0) is 76.4 Å². The van der Waals surface area contributed by atoms with Gasteiger partial charge in [0, 0.05) is 12.6 Å². The molecular weight excluding hydrogens is 232 g/mol. The molecule has 2 heteroatoms. The van der Waals surface area contributed by atoms with Gasteiger partial charge < -0.3 is 10.2 Å². The van der Waals surface area contributed by atoms with Crippen LogP contribution in [0.5, 0.6) is 0 Å². The minimum absolute atomic E-state index is 0.765. The molecule has 112 valence electrons. The van der Waals surface area contributed by atoms with Crippen LogP contribution in [0.2, 0.25) is 0 Å². The molecule has 4 atom stereocenters. The molecule has 0 amide bonds. The van der Waals surface area contributed by atoms with E-state index in [1.54, 1.807) is 0 Å². The maximum atomic E-state index is 3.57. The number of hydrogen-bond acceptors (Lipinski definition) is 2. The third kappa shape index (κ3) is 4.46. The molecule has 0 bridgehead atoms. The lowest BCUT2D eigenvalue weighted by molar-refractivity contribution is 0.150. The molecule has 0 aromatic carbocycles. The average molecular weight is 266 g/mol. The molecule has 2 rings (SSSR count). The third-order valence-corrected chi connectivity index (χ3v) is 5.63. The predicted octanol–water partition coefficient (Wildman–Crippen LogP) is 3.52. The van der Waals surface area contributed by atoms with E-state index in [4.69, 9.17) is 0 Å². The van der Waals surface area contributed by atoms with E-state index < -0.39 is 0 Å². The highest BCUT2D eigenvalue weighted by atomic mass is 15.1. The van der Waals surface area contributed by atoms with Crippen LogP contribution in [0.4, 0.5) is 0 Å². The van der Waals surface area contributed by atoms with E-state index in [1.807, 2.05) is 0 Å². The van der Waals surface area contributed by atoms with Crippen LogP contribution < -0.4 is 5.32 Å². The van der Waals surface area contributed by atoms with Crippen molar-refractivity contribution in [1.82, 2.24) is 10.2 Å². The number of nitrogens with one attached hydrogen (secondary N) is 1. The molecule has 1 aliphatic heterocycles. The summed E-state index contributed by atoms with van der Waals surface area (Å²) >= 11 is 0. The van der Waals surface area contributed by atoms with Gasteiger partial charge in [-0.15, -0.1) is 0 Å². The van der Waals surface area contributed by atoms with E-state index in [-0.39, 0.29) is 0 Å². The van der Waals surface area contributed by atoms with E-state index in [9.17, 15) is 0 Å². The summed E-state index contributed by atoms with van der Waals surface area (Å²) in [6.45, 7) is 8.83. The monoisotopic (exact) mass is 266 g/mol. The largest absolute Gasteiger partial charge is 0.317 e. The van der Waals surface area contributed by atoms with Crippen LogP contribution in [0.3, 0.4) is 0 Å². The minimum atomic E-state index is 0.765. The molecule has 1 saturated heterocycles. The van der Waals surface area contributed by atoms with Crippen LogP contribution in [0.1, 0.15) is 58.8 Å². The third-order valence-electron chi connectivity index (χ3n) is 5.63. The van der Waals surface area contributed by atoms with E-state index in [2.05, 4.69) is 31.1 Å². The van der Waals surface area contributed by atoms with Crippen molar-refractivity contribution in [3.8, 4) is 0 Å². The first-order valence-corrected chi connectivity index (χ1v) is 8.62. The number of rotatable bonds is 4. The summed E-state index contributed by atoms with van der Waals surface area (Å²) in [7, 11) is 2.16. The van der Waals surface area contributed by atoms with Crippen molar-refractivity contribution in [3.05, 3.63) is 0 Å². The fraction of sp³-hybridized carbons (Fsp3) is 1.00. The fourth-order valence-electron chi connectivity index (χ4n) is 4.23. The highest BCUT2D eigenvalue weighted by Crippen LogP contribution is 2.30. The Morgan fingerprint density at radius 2 is 1.95 bits per heavy atom. The normalized spacial score (nSPS) is 38.1. The van der Waals surface area contributed by atoms with Gasteiger partial charge in [0.15, 0.2) is 0 Å². The summed E-state index contributed by atoms with van der Waals surface area (Å²) in [6, 6.07) is 0.765. The molecule has 2 fully saturated rings. The van der Waals surface area contributed by atoms with Crippen LogP contribution in [-0.4, -0.2) is 37.6 Å². The van der Waals surface area contributed by atoms with E-state index in [0.29, 0.717) is 0 Å². The molecule has 1 heterocycles. The highest BCUT2D eigenvalue weighted by Gasteiger charge is 2.29. The molecule has 0 radical (unpaired) electrons. The van der Waals surface area contributed by atoms with Crippen molar-refractivity contribution in [1.29, 1.82) is 0 Å². The molecule has 0 spiro atoms. The maximum absolute atomic E-state index is 3.57. The minimum Gasteiger partial charge on any atom is -0.317 e. The van der Waals surface area contributed by atoms with E-state index in [1.165, 1.54) is 64.6 Å². The van der Waals surface area contributed by atoms with Crippen molar-refractivity contribution in [2.24, 2.45) is 17.8 Å². The van der Waals surface area contributed by atoms with Gasteiger partial charge in [-0.2, -0.15) is 0 Å².